The van der Waals surface area contributed by atoms with E-state index in [0.29, 0.717) is 23.6 Å². The zero-order valence-corrected chi connectivity index (χ0v) is 13.7. The van der Waals surface area contributed by atoms with Crippen LogP contribution in [0.3, 0.4) is 0 Å². The summed E-state index contributed by atoms with van der Waals surface area (Å²) in [6.07, 6.45) is 6.51. The largest absolute Gasteiger partial charge is 0.492 e. The molecular formula is C18H24N2O2. The molecule has 0 aromatic heterocycles. The molecule has 0 bridgehead atoms. The standard InChI is InChI=1S/C18H24N2O2/c1-5-6-7-10-22-18-11-15(8-9-16(18)14(3)21)17(12-20-4)13(2)19/h5-6,8-9,11-12H,7,10,19H2,1-4H3/b6-5-,17-13?,20-12?. The van der Waals surface area contributed by atoms with Crippen molar-refractivity contribution in [3.05, 3.63) is 47.2 Å². The van der Waals surface area contributed by atoms with Gasteiger partial charge in [-0.05, 0) is 44.9 Å². The van der Waals surface area contributed by atoms with Gasteiger partial charge in [0.2, 0.25) is 0 Å². The third-order valence-electron chi connectivity index (χ3n) is 3.13. The van der Waals surface area contributed by atoms with Gasteiger partial charge in [-0.25, -0.2) is 0 Å². The number of benzene rings is 1. The maximum atomic E-state index is 11.7. The van der Waals surface area contributed by atoms with Crippen molar-refractivity contribution in [2.24, 2.45) is 10.7 Å². The number of ketones is 1. The predicted octanol–water partition coefficient (Wildman–Crippen LogP) is 3.62. The zero-order valence-electron chi connectivity index (χ0n) is 13.7. The average Bonchev–Trinajstić information content (AvgIpc) is 2.48. The summed E-state index contributed by atoms with van der Waals surface area (Å²) >= 11 is 0. The van der Waals surface area contributed by atoms with Crippen LogP contribution in [0.4, 0.5) is 0 Å². The van der Waals surface area contributed by atoms with Gasteiger partial charge in [-0.3, -0.25) is 9.79 Å². The second kappa shape index (κ2) is 8.82. The van der Waals surface area contributed by atoms with Gasteiger partial charge in [0.05, 0.1) is 12.2 Å². The number of nitrogens with zero attached hydrogens (tertiary/aromatic N) is 1. The molecule has 0 spiro atoms. The summed E-state index contributed by atoms with van der Waals surface area (Å²) in [5.41, 5.74) is 8.87. The summed E-state index contributed by atoms with van der Waals surface area (Å²) in [5.74, 6) is 0.560. The Labute approximate surface area is 132 Å². The molecule has 0 saturated carbocycles. The van der Waals surface area contributed by atoms with Crippen molar-refractivity contribution in [1.82, 2.24) is 0 Å². The van der Waals surface area contributed by atoms with Crippen molar-refractivity contribution in [2.45, 2.75) is 27.2 Å². The quantitative estimate of drug-likeness (QED) is 0.362. The van der Waals surface area contributed by atoms with Crippen LogP contribution in [-0.4, -0.2) is 25.7 Å². The highest BCUT2D eigenvalue weighted by Gasteiger charge is 2.11. The molecule has 0 fully saturated rings. The number of carbonyl (C=O) groups is 1. The molecular weight excluding hydrogens is 276 g/mol. The van der Waals surface area contributed by atoms with Crippen LogP contribution in [0, 0.1) is 0 Å². The van der Waals surface area contributed by atoms with Gasteiger partial charge in [-0.1, -0.05) is 18.2 Å². The molecule has 118 valence electrons. The summed E-state index contributed by atoms with van der Waals surface area (Å²) < 4.78 is 5.77. The van der Waals surface area contributed by atoms with Crippen LogP contribution >= 0.6 is 0 Å². The van der Waals surface area contributed by atoms with Crippen LogP contribution in [0.2, 0.25) is 0 Å². The Kier molecular flexibility index (Phi) is 7.09. The van der Waals surface area contributed by atoms with E-state index in [-0.39, 0.29) is 5.78 Å². The molecule has 0 aliphatic carbocycles. The smallest absolute Gasteiger partial charge is 0.163 e. The molecule has 0 heterocycles. The summed E-state index contributed by atoms with van der Waals surface area (Å²) in [6, 6.07) is 5.48. The Bertz CT molecular complexity index is 610. The van der Waals surface area contributed by atoms with Crippen molar-refractivity contribution in [2.75, 3.05) is 13.7 Å². The van der Waals surface area contributed by atoms with E-state index in [1.165, 1.54) is 6.92 Å². The molecule has 0 aliphatic rings. The van der Waals surface area contributed by atoms with E-state index in [1.54, 1.807) is 19.3 Å². The maximum absolute atomic E-state index is 11.7. The number of ether oxygens (including phenoxy) is 1. The lowest BCUT2D eigenvalue weighted by Crippen LogP contribution is -2.05. The Morgan fingerprint density at radius 2 is 2.09 bits per heavy atom. The second-order valence-electron chi connectivity index (χ2n) is 4.96. The predicted molar refractivity (Wildman–Crippen MR) is 92.6 cm³/mol. The lowest BCUT2D eigenvalue weighted by molar-refractivity contribution is 0.101. The van der Waals surface area contributed by atoms with Gasteiger partial charge >= 0.3 is 0 Å². The molecule has 4 nitrogen and oxygen atoms in total. The molecule has 4 heteroatoms. The molecule has 0 aliphatic heterocycles. The third kappa shape index (κ3) is 4.88. The minimum atomic E-state index is -0.0215. The van der Waals surface area contributed by atoms with E-state index in [9.17, 15) is 4.79 Å². The van der Waals surface area contributed by atoms with Crippen LogP contribution in [0.1, 0.15) is 43.1 Å². The number of aliphatic imine (C=N–C) groups is 1. The second-order valence-corrected chi connectivity index (χ2v) is 4.96. The van der Waals surface area contributed by atoms with Crippen LogP contribution in [0.25, 0.3) is 5.57 Å². The van der Waals surface area contributed by atoms with Gasteiger partial charge in [0.25, 0.3) is 0 Å². The highest BCUT2D eigenvalue weighted by Crippen LogP contribution is 2.26. The number of Topliss-reactive ketones (excluding diaryl/α,β-unsaturated/α-hetero) is 1. The Morgan fingerprint density at radius 3 is 2.64 bits per heavy atom. The highest BCUT2D eigenvalue weighted by atomic mass is 16.5. The van der Waals surface area contributed by atoms with Crippen molar-refractivity contribution in [3.8, 4) is 5.75 Å². The number of hydrogen-bond donors (Lipinski definition) is 1. The Balaban J connectivity index is 3.18. The minimum Gasteiger partial charge on any atom is -0.492 e. The van der Waals surface area contributed by atoms with Crippen molar-refractivity contribution in [1.29, 1.82) is 0 Å². The molecule has 0 amide bonds. The fraction of sp³-hybridized carbons (Fsp3) is 0.333. The molecule has 0 saturated heterocycles. The summed E-state index contributed by atoms with van der Waals surface area (Å²) in [5, 5.41) is 0. The molecule has 0 atom stereocenters. The zero-order chi connectivity index (χ0) is 16.5. The first-order chi connectivity index (χ1) is 10.5. The van der Waals surface area contributed by atoms with Crippen molar-refractivity contribution in [3.63, 3.8) is 0 Å². The van der Waals surface area contributed by atoms with Crippen molar-refractivity contribution < 1.29 is 9.53 Å². The lowest BCUT2D eigenvalue weighted by Gasteiger charge is -2.12. The van der Waals surface area contributed by atoms with Gasteiger partial charge in [-0.15, -0.1) is 0 Å². The Morgan fingerprint density at radius 1 is 1.36 bits per heavy atom. The van der Waals surface area contributed by atoms with E-state index >= 15 is 0 Å². The van der Waals surface area contributed by atoms with Gasteiger partial charge in [0, 0.05) is 24.5 Å². The van der Waals surface area contributed by atoms with Crippen LogP contribution in [0.15, 0.2) is 41.0 Å². The van der Waals surface area contributed by atoms with Crippen LogP contribution in [0.5, 0.6) is 5.75 Å². The average molecular weight is 300 g/mol. The first kappa shape index (κ1) is 17.7. The van der Waals surface area contributed by atoms with Gasteiger partial charge in [-0.2, -0.15) is 0 Å². The fourth-order valence-electron chi connectivity index (χ4n) is 2.04. The molecule has 1 aromatic carbocycles. The normalized spacial score (nSPS) is 12.7. The SMILES string of the molecule is C/C=C\CCOc1cc(C(C=NC)=C(C)N)ccc1C(C)=O. The first-order valence-electron chi connectivity index (χ1n) is 7.29. The molecule has 1 rings (SSSR count). The van der Waals surface area contributed by atoms with Gasteiger partial charge in [0.15, 0.2) is 5.78 Å². The van der Waals surface area contributed by atoms with E-state index < -0.39 is 0 Å². The third-order valence-corrected chi connectivity index (χ3v) is 3.13. The number of hydrogen-bond acceptors (Lipinski definition) is 4. The van der Waals surface area contributed by atoms with Crippen LogP contribution < -0.4 is 10.5 Å². The molecule has 2 N–H and O–H groups in total. The topological polar surface area (TPSA) is 64.7 Å². The fourth-order valence-corrected chi connectivity index (χ4v) is 2.04. The number of carbonyl (C=O) groups excluding carboxylic acids is 1. The highest BCUT2D eigenvalue weighted by molar-refractivity contribution is 6.11. The lowest BCUT2D eigenvalue weighted by atomic mass is 10.0. The monoisotopic (exact) mass is 300 g/mol. The minimum absolute atomic E-state index is 0.0215. The maximum Gasteiger partial charge on any atom is 0.163 e. The van der Waals surface area contributed by atoms with E-state index in [2.05, 4.69) is 4.99 Å². The first-order valence-corrected chi connectivity index (χ1v) is 7.29. The van der Waals surface area contributed by atoms with Crippen LogP contribution in [-0.2, 0) is 0 Å². The number of rotatable bonds is 7. The summed E-state index contributed by atoms with van der Waals surface area (Å²) in [7, 11) is 1.70. The van der Waals surface area contributed by atoms with Gasteiger partial charge in [0.1, 0.15) is 5.75 Å². The van der Waals surface area contributed by atoms with E-state index in [4.69, 9.17) is 10.5 Å². The number of nitrogens with two attached hydrogens (primary N) is 1. The molecule has 0 unspecified atom stereocenters. The van der Waals surface area contributed by atoms with E-state index in [1.807, 2.05) is 38.1 Å². The van der Waals surface area contributed by atoms with E-state index in [0.717, 1.165) is 17.6 Å². The Hall–Kier alpha value is -2.36. The summed E-state index contributed by atoms with van der Waals surface area (Å²) in [6.45, 7) is 5.85. The van der Waals surface area contributed by atoms with Gasteiger partial charge < -0.3 is 10.5 Å². The molecule has 22 heavy (non-hydrogen) atoms. The molecule has 0 radical (unpaired) electrons. The summed E-state index contributed by atoms with van der Waals surface area (Å²) in [4.78, 5) is 15.8. The molecule has 1 aromatic rings. The number of allylic oxidation sites excluding steroid dienone is 3. The van der Waals surface area contributed by atoms with Crippen molar-refractivity contribution >= 4 is 17.6 Å².